The topological polar surface area (TPSA) is 3.88 Å². The van der Waals surface area contributed by atoms with Gasteiger partial charge in [-0.15, -0.1) is 0 Å². The molecule has 1 heterocycles. The van der Waals surface area contributed by atoms with Crippen molar-refractivity contribution in [1.29, 1.82) is 0 Å². The van der Waals surface area contributed by atoms with Crippen molar-refractivity contribution in [2.75, 3.05) is 0 Å². The lowest BCUT2D eigenvalue weighted by atomic mass is 9.92. The lowest BCUT2D eigenvalue weighted by molar-refractivity contribution is -0.467. The van der Waals surface area contributed by atoms with Crippen molar-refractivity contribution >= 4 is 35.3 Å². The third kappa shape index (κ3) is 2.46. The second kappa shape index (κ2) is 5.73. The lowest BCUT2D eigenvalue weighted by Crippen LogP contribution is -2.39. The Bertz CT molecular complexity index is 761. The Balaban J connectivity index is 2.47. The quantitative estimate of drug-likeness (QED) is 0.490. The molecule has 0 aliphatic rings. The third-order valence-corrected chi connectivity index (χ3v) is 3.81. The fraction of sp³-hybridized carbons (Fsp3) is 0.211. The smallest absolute Gasteiger partial charge is 0.278 e. The number of hydrogen-bond acceptors (Lipinski definition) is 0. The van der Waals surface area contributed by atoms with Gasteiger partial charge < -0.3 is 0 Å². The van der Waals surface area contributed by atoms with Crippen LogP contribution in [0.15, 0.2) is 54.6 Å². The number of benzene rings is 2. The van der Waals surface area contributed by atoms with E-state index in [0.29, 0.717) is 5.92 Å². The summed E-state index contributed by atoms with van der Waals surface area (Å²) in [5, 5.41) is 2.59. The number of nitrogens with zero attached hydrogens (tertiary/aromatic N) is 1. The lowest BCUT2D eigenvalue weighted by Gasteiger charge is -2.09. The minimum atomic E-state index is 0.549. The first-order valence-electron chi connectivity index (χ1n) is 7.55. The van der Waals surface area contributed by atoms with Crippen LogP contribution in [-0.2, 0) is 0 Å². The van der Waals surface area contributed by atoms with Crippen LogP contribution in [0.3, 0.4) is 0 Å². The largest absolute Gasteiger partial charge is 0.536 e. The highest BCUT2D eigenvalue weighted by Crippen LogP contribution is 2.26. The van der Waals surface area contributed by atoms with Gasteiger partial charge in [-0.05, 0) is 24.9 Å². The molecule has 0 bridgehead atoms. The van der Waals surface area contributed by atoms with Gasteiger partial charge in [0.1, 0.15) is 0 Å². The Kier molecular flexibility index (Phi) is 3.79. The molecule has 21 heavy (non-hydrogen) atoms. The molecular weight excluding hydrogens is 253 g/mol. The SMILES string of the molecule is C[B][n+]1c2ccccc2c(/C=C/C(C)C)c2ccccc21. The van der Waals surface area contributed by atoms with Gasteiger partial charge in [0, 0.05) is 17.7 Å². The predicted molar refractivity (Wildman–Crippen MR) is 92.5 cm³/mol. The van der Waals surface area contributed by atoms with E-state index in [0.717, 1.165) is 0 Å². The average molecular weight is 273 g/mol. The first-order valence-corrected chi connectivity index (χ1v) is 7.55. The van der Waals surface area contributed by atoms with Gasteiger partial charge in [0.05, 0.1) is 10.8 Å². The molecule has 2 aromatic carbocycles. The van der Waals surface area contributed by atoms with Crippen molar-refractivity contribution in [2.45, 2.75) is 20.7 Å². The molecule has 0 aliphatic heterocycles. The predicted octanol–water partition coefficient (Wildman–Crippen LogP) is 4.47. The Morgan fingerprint density at radius 1 is 0.905 bits per heavy atom. The van der Waals surface area contributed by atoms with Gasteiger partial charge in [0.15, 0.2) is 11.0 Å². The molecule has 3 rings (SSSR count). The zero-order valence-corrected chi connectivity index (χ0v) is 12.9. The van der Waals surface area contributed by atoms with Crippen molar-refractivity contribution in [3.8, 4) is 0 Å². The van der Waals surface area contributed by atoms with Gasteiger partial charge in [-0.3, -0.25) is 4.48 Å². The molecule has 0 saturated carbocycles. The molecule has 0 N–H and O–H groups in total. The Morgan fingerprint density at radius 3 is 1.90 bits per heavy atom. The van der Waals surface area contributed by atoms with Crippen molar-refractivity contribution in [3.05, 3.63) is 60.2 Å². The van der Waals surface area contributed by atoms with Gasteiger partial charge in [-0.1, -0.05) is 50.3 Å². The Morgan fingerprint density at radius 2 is 1.43 bits per heavy atom. The monoisotopic (exact) mass is 273 g/mol. The zero-order valence-electron chi connectivity index (χ0n) is 12.9. The fourth-order valence-electron chi connectivity index (χ4n) is 2.84. The highest BCUT2D eigenvalue weighted by Gasteiger charge is 2.17. The molecule has 0 atom stereocenters. The Labute approximate surface area is 127 Å². The van der Waals surface area contributed by atoms with Crippen molar-refractivity contribution in [2.24, 2.45) is 5.92 Å². The average Bonchev–Trinajstić information content (AvgIpc) is 2.51. The van der Waals surface area contributed by atoms with E-state index in [1.807, 2.05) is 0 Å². The van der Waals surface area contributed by atoms with E-state index < -0.39 is 0 Å². The van der Waals surface area contributed by atoms with E-state index in [-0.39, 0.29) is 0 Å². The summed E-state index contributed by atoms with van der Waals surface area (Å²) in [6.45, 7) is 6.51. The van der Waals surface area contributed by atoms with E-state index in [1.165, 1.54) is 27.4 Å². The maximum atomic E-state index is 2.28. The van der Waals surface area contributed by atoms with Crippen LogP contribution in [-0.4, -0.2) is 7.41 Å². The molecule has 1 radical (unpaired) electrons. The molecule has 0 spiro atoms. The standard InChI is InChI=1S/C19H20BN/c1-14(2)12-13-15-16-8-4-6-10-18(16)21(20-3)19-11-7-5-9-17(15)19/h4-14H,1-3H3/q+1/b13-12+. The molecule has 0 aliphatic carbocycles. The van der Waals surface area contributed by atoms with Crippen LogP contribution >= 0.6 is 0 Å². The van der Waals surface area contributed by atoms with Crippen LogP contribution < -0.4 is 4.48 Å². The maximum absolute atomic E-state index is 2.28. The minimum absolute atomic E-state index is 0.549. The third-order valence-electron chi connectivity index (χ3n) is 3.81. The summed E-state index contributed by atoms with van der Waals surface area (Å²) in [6, 6.07) is 17.2. The molecule has 3 aromatic rings. The van der Waals surface area contributed by atoms with Crippen LogP contribution in [0.4, 0.5) is 0 Å². The summed E-state index contributed by atoms with van der Waals surface area (Å²) in [7, 11) is 2.14. The van der Waals surface area contributed by atoms with E-state index in [9.17, 15) is 0 Å². The van der Waals surface area contributed by atoms with Crippen molar-refractivity contribution in [3.63, 3.8) is 0 Å². The summed E-state index contributed by atoms with van der Waals surface area (Å²) in [4.78, 5) is 0. The van der Waals surface area contributed by atoms with Crippen molar-refractivity contribution < 1.29 is 4.48 Å². The number of fused-ring (bicyclic) bond motifs is 2. The normalized spacial score (nSPS) is 11.8. The second-order valence-corrected chi connectivity index (χ2v) is 5.68. The van der Waals surface area contributed by atoms with Gasteiger partial charge in [-0.2, -0.15) is 0 Å². The molecule has 0 saturated heterocycles. The van der Waals surface area contributed by atoms with Crippen LogP contribution in [0, 0.1) is 5.92 Å². The minimum Gasteiger partial charge on any atom is -0.278 e. The van der Waals surface area contributed by atoms with Crippen LogP contribution in [0.2, 0.25) is 6.82 Å². The zero-order chi connectivity index (χ0) is 14.8. The van der Waals surface area contributed by atoms with Gasteiger partial charge >= 0.3 is 7.41 Å². The van der Waals surface area contributed by atoms with E-state index >= 15 is 0 Å². The highest BCUT2D eigenvalue weighted by atomic mass is 14.9. The second-order valence-electron chi connectivity index (χ2n) is 5.68. The van der Waals surface area contributed by atoms with Gasteiger partial charge in [0.2, 0.25) is 0 Å². The number of rotatable bonds is 3. The van der Waals surface area contributed by atoms with Crippen LogP contribution in [0.25, 0.3) is 27.9 Å². The summed E-state index contributed by atoms with van der Waals surface area (Å²) in [5.74, 6) is 0.549. The van der Waals surface area contributed by atoms with Crippen LogP contribution in [0.5, 0.6) is 0 Å². The molecule has 0 unspecified atom stereocenters. The summed E-state index contributed by atoms with van der Waals surface area (Å²) < 4.78 is 2.28. The molecular formula is C19H20BN+. The summed E-state index contributed by atoms with van der Waals surface area (Å²) in [5.41, 5.74) is 3.82. The first-order chi connectivity index (χ1) is 10.2. The number of hydrogen-bond donors (Lipinski definition) is 0. The molecule has 0 amide bonds. The van der Waals surface area contributed by atoms with Crippen LogP contribution in [0.1, 0.15) is 19.4 Å². The van der Waals surface area contributed by atoms with Gasteiger partial charge in [-0.25, -0.2) is 0 Å². The summed E-state index contributed by atoms with van der Waals surface area (Å²) >= 11 is 0. The molecule has 103 valence electrons. The number of aromatic nitrogens is 1. The highest BCUT2D eigenvalue weighted by molar-refractivity contribution is 6.24. The molecule has 1 nitrogen and oxygen atoms in total. The number of pyridine rings is 1. The van der Waals surface area contributed by atoms with E-state index in [2.05, 4.69) is 93.2 Å². The fourth-order valence-corrected chi connectivity index (χ4v) is 2.84. The molecule has 0 fully saturated rings. The molecule has 1 aromatic heterocycles. The van der Waals surface area contributed by atoms with E-state index in [4.69, 9.17) is 0 Å². The number of para-hydroxylation sites is 2. The summed E-state index contributed by atoms with van der Waals surface area (Å²) in [6.07, 6.45) is 4.55. The Hall–Kier alpha value is -2.09. The van der Waals surface area contributed by atoms with Crippen molar-refractivity contribution in [1.82, 2.24) is 0 Å². The van der Waals surface area contributed by atoms with Gasteiger partial charge in [0.25, 0.3) is 0 Å². The molecule has 2 heteroatoms. The van der Waals surface area contributed by atoms with E-state index in [1.54, 1.807) is 0 Å². The number of allylic oxidation sites excluding steroid dienone is 1. The maximum Gasteiger partial charge on any atom is 0.536 e. The first kappa shape index (κ1) is 13.9.